The van der Waals surface area contributed by atoms with Crippen LogP contribution in [0.1, 0.15) is 5.56 Å². The summed E-state index contributed by atoms with van der Waals surface area (Å²) >= 11 is 0. The molecule has 2 aromatic carbocycles. The zero-order valence-electron chi connectivity index (χ0n) is 8.79. The first-order valence-corrected chi connectivity index (χ1v) is 4.97. The van der Waals surface area contributed by atoms with E-state index in [2.05, 4.69) is 0 Å². The summed E-state index contributed by atoms with van der Waals surface area (Å²) in [4.78, 5) is 0. The van der Waals surface area contributed by atoms with Gasteiger partial charge in [0.15, 0.2) is 11.6 Å². The molecule has 0 spiro atoms. The summed E-state index contributed by atoms with van der Waals surface area (Å²) < 4.78 is 43.3. The predicted octanol–water partition coefficient (Wildman–Crippen LogP) is 3.68. The fraction of sp³-hybridized carbons (Fsp3) is 0.0769. The number of halogens is 3. The molecule has 0 atom stereocenters. The van der Waals surface area contributed by atoms with Crippen molar-refractivity contribution in [3.05, 3.63) is 65.5 Å². The van der Waals surface area contributed by atoms with E-state index in [1.165, 1.54) is 18.2 Å². The van der Waals surface area contributed by atoms with Crippen LogP contribution in [-0.2, 0) is 6.61 Å². The van der Waals surface area contributed by atoms with Crippen LogP contribution >= 0.6 is 0 Å². The lowest BCUT2D eigenvalue weighted by atomic mass is 10.2. The van der Waals surface area contributed by atoms with Crippen LogP contribution in [0.3, 0.4) is 0 Å². The Morgan fingerprint density at radius 2 is 1.53 bits per heavy atom. The molecule has 0 N–H and O–H groups in total. The van der Waals surface area contributed by atoms with Crippen molar-refractivity contribution < 1.29 is 17.9 Å². The lowest BCUT2D eigenvalue weighted by Crippen LogP contribution is -1.96. The van der Waals surface area contributed by atoms with Crippen molar-refractivity contribution in [1.29, 1.82) is 0 Å². The molecule has 1 nitrogen and oxygen atoms in total. The van der Waals surface area contributed by atoms with Gasteiger partial charge in [0.05, 0.1) is 0 Å². The second-order valence-corrected chi connectivity index (χ2v) is 3.49. The Balaban J connectivity index is 2.02. The highest BCUT2D eigenvalue weighted by Gasteiger charge is 2.03. The zero-order valence-corrected chi connectivity index (χ0v) is 8.79. The normalized spacial score (nSPS) is 10.3. The Morgan fingerprint density at radius 1 is 0.824 bits per heavy atom. The van der Waals surface area contributed by atoms with Gasteiger partial charge in [0.2, 0.25) is 0 Å². The first-order valence-electron chi connectivity index (χ1n) is 4.97. The van der Waals surface area contributed by atoms with Crippen molar-refractivity contribution in [2.24, 2.45) is 0 Å². The van der Waals surface area contributed by atoms with Gasteiger partial charge in [-0.25, -0.2) is 13.2 Å². The lowest BCUT2D eigenvalue weighted by Gasteiger charge is -2.06. The van der Waals surface area contributed by atoms with Gasteiger partial charge < -0.3 is 4.74 Å². The SMILES string of the molecule is Fc1ccc(COc2ccc(F)c(F)c2)cc1. The molecule has 0 aliphatic rings. The third kappa shape index (κ3) is 3.00. The summed E-state index contributed by atoms with van der Waals surface area (Å²) in [5.74, 6) is -1.98. The van der Waals surface area contributed by atoms with E-state index in [0.717, 1.165) is 17.7 Å². The first kappa shape index (κ1) is 11.5. The van der Waals surface area contributed by atoms with Gasteiger partial charge in [0.1, 0.15) is 18.2 Å². The summed E-state index contributed by atoms with van der Waals surface area (Å²) in [7, 11) is 0. The highest BCUT2D eigenvalue weighted by molar-refractivity contribution is 5.24. The molecule has 2 rings (SSSR count). The smallest absolute Gasteiger partial charge is 0.162 e. The monoisotopic (exact) mass is 238 g/mol. The molecule has 0 amide bonds. The molecule has 0 aromatic heterocycles. The van der Waals surface area contributed by atoms with E-state index < -0.39 is 11.6 Å². The number of ether oxygens (including phenoxy) is 1. The second-order valence-electron chi connectivity index (χ2n) is 3.49. The van der Waals surface area contributed by atoms with Crippen LogP contribution in [0.5, 0.6) is 5.75 Å². The Kier molecular flexibility index (Phi) is 3.32. The van der Waals surface area contributed by atoms with Gasteiger partial charge in [-0.05, 0) is 29.8 Å². The summed E-state index contributed by atoms with van der Waals surface area (Å²) in [6.07, 6.45) is 0. The fourth-order valence-corrected chi connectivity index (χ4v) is 1.31. The topological polar surface area (TPSA) is 9.23 Å². The molecule has 17 heavy (non-hydrogen) atoms. The maximum atomic E-state index is 12.9. The lowest BCUT2D eigenvalue weighted by molar-refractivity contribution is 0.303. The zero-order chi connectivity index (χ0) is 12.3. The van der Waals surface area contributed by atoms with Gasteiger partial charge in [-0.15, -0.1) is 0 Å². The maximum Gasteiger partial charge on any atom is 0.162 e. The third-order valence-corrected chi connectivity index (χ3v) is 2.21. The molecule has 0 fully saturated rings. The molecular formula is C13H9F3O. The number of hydrogen-bond donors (Lipinski definition) is 0. The van der Waals surface area contributed by atoms with Gasteiger partial charge in [0.25, 0.3) is 0 Å². The van der Waals surface area contributed by atoms with E-state index in [1.54, 1.807) is 12.1 Å². The second kappa shape index (κ2) is 4.91. The molecule has 4 heteroatoms. The van der Waals surface area contributed by atoms with Crippen LogP contribution in [0, 0.1) is 17.5 Å². The minimum Gasteiger partial charge on any atom is -0.489 e. The molecule has 0 aliphatic heterocycles. The summed E-state index contributed by atoms with van der Waals surface area (Å²) in [6, 6.07) is 9.05. The minimum atomic E-state index is -0.957. The molecule has 0 aliphatic carbocycles. The van der Waals surface area contributed by atoms with E-state index >= 15 is 0 Å². The molecular weight excluding hydrogens is 229 g/mol. The minimum absolute atomic E-state index is 0.172. The highest BCUT2D eigenvalue weighted by atomic mass is 19.2. The van der Waals surface area contributed by atoms with Gasteiger partial charge in [-0.2, -0.15) is 0 Å². The van der Waals surface area contributed by atoms with Crippen molar-refractivity contribution in [1.82, 2.24) is 0 Å². The maximum absolute atomic E-state index is 12.9. The largest absolute Gasteiger partial charge is 0.489 e. The average molecular weight is 238 g/mol. The van der Waals surface area contributed by atoms with Crippen LogP contribution in [0.25, 0.3) is 0 Å². The average Bonchev–Trinajstić information content (AvgIpc) is 2.33. The predicted molar refractivity (Wildman–Crippen MR) is 57.1 cm³/mol. The van der Waals surface area contributed by atoms with Crippen molar-refractivity contribution in [2.75, 3.05) is 0 Å². The molecule has 0 saturated carbocycles. The molecule has 88 valence electrons. The van der Waals surface area contributed by atoms with E-state index in [-0.39, 0.29) is 18.2 Å². The number of benzene rings is 2. The Bertz CT molecular complexity index is 509. The standard InChI is InChI=1S/C13H9F3O/c14-10-3-1-9(2-4-10)8-17-11-5-6-12(15)13(16)7-11/h1-7H,8H2. The van der Waals surface area contributed by atoms with E-state index in [0.29, 0.717) is 0 Å². The quantitative estimate of drug-likeness (QED) is 0.792. The Morgan fingerprint density at radius 3 is 2.18 bits per heavy atom. The Hall–Kier alpha value is -1.97. The highest BCUT2D eigenvalue weighted by Crippen LogP contribution is 2.16. The van der Waals surface area contributed by atoms with E-state index in [9.17, 15) is 13.2 Å². The molecule has 0 radical (unpaired) electrons. The first-order chi connectivity index (χ1) is 8.15. The fourth-order valence-electron chi connectivity index (χ4n) is 1.31. The molecule has 0 saturated heterocycles. The van der Waals surface area contributed by atoms with Crippen LogP contribution in [0.2, 0.25) is 0 Å². The van der Waals surface area contributed by atoms with Gasteiger partial charge in [0, 0.05) is 6.07 Å². The summed E-state index contributed by atoms with van der Waals surface area (Å²) in [6.45, 7) is 0.172. The van der Waals surface area contributed by atoms with Crippen molar-refractivity contribution in [3.8, 4) is 5.75 Å². The number of rotatable bonds is 3. The van der Waals surface area contributed by atoms with Gasteiger partial charge in [-0.3, -0.25) is 0 Å². The van der Waals surface area contributed by atoms with Crippen LogP contribution in [0.15, 0.2) is 42.5 Å². The molecule has 0 bridgehead atoms. The third-order valence-electron chi connectivity index (χ3n) is 2.21. The summed E-state index contributed by atoms with van der Waals surface area (Å²) in [5, 5.41) is 0. The van der Waals surface area contributed by atoms with Gasteiger partial charge in [-0.1, -0.05) is 12.1 Å². The molecule has 2 aromatic rings. The Labute approximate surface area is 96.5 Å². The van der Waals surface area contributed by atoms with Crippen molar-refractivity contribution in [3.63, 3.8) is 0 Å². The van der Waals surface area contributed by atoms with E-state index in [1.807, 2.05) is 0 Å². The van der Waals surface area contributed by atoms with Crippen LogP contribution in [-0.4, -0.2) is 0 Å². The van der Waals surface area contributed by atoms with Crippen molar-refractivity contribution in [2.45, 2.75) is 6.61 Å². The van der Waals surface area contributed by atoms with Crippen LogP contribution in [0.4, 0.5) is 13.2 Å². The van der Waals surface area contributed by atoms with Gasteiger partial charge >= 0.3 is 0 Å². The molecule has 0 unspecified atom stereocenters. The summed E-state index contributed by atoms with van der Waals surface area (Å²) in [5.41, 5.74) is 0.746. The molecule has 0 heterocycles. The van der Waals surface area contributed by atoms with Crippen LogP contribution < -0.4 is 4.74 Å². The number of hydrogen-bond acceptors (Lipinski definition) is 1. The van der Waals surface area contributed by atoms with E-state index in [4.69, 9.17) is 4.74 Å². The van der Waals surface area contributed by atoms with Crippen molar-refractivity contribution >= 4 is 0 Å².